The Morgan fingerprint density at radius 2 is 0.617 bits per heavy atom. The summed E-state index contributed by atoms with van der Waals surface area (Å²) in [7, 11) is 0. The zero-order valence-corrected chi connectivity index (χ0v) is 35.7. The summed E-state index contributed by atoms with van der Waals surface area (Å²) in [6.45, 7) is 0. The minimum atomic E-state index is -1.08. The van der Waals surface area contributed by atoms with Gasteiger partial charge in [0, 0.05) is 33.7 Å². The molecule has 3 nitrogen and oxygen atoms in total. The van der Waals surface area contributed by atoms with Crippen LogP contribution in [0.5, 0.6) is 0 Å². The van der Waals surface area contributed by atoms with Gasteiger partial charge < -0.3 is 13.7 Å². The van der Waals surface area contributed by atoms with Crippen LogP contribution in [0.1, 0.15) is 39.8 Å². The van der Waals surface area contributed by atoms with E-state index < -0.39 is 33.5 Å². The van der Waals surface area contributed by atoms with E-state index in [0.29, 0.717) is 34.5 Å². The van der Waals surface area contributed by atoms with Crippen molar-refractivity contribution in [2.24, 2.45) is 5.92 Å². The van der Waals surface area contributed by atoms with Gasteiger partial charge in [0.2, 0.25) is 0 Å². The molecule has 0 aromatic heterocycles. The van der Waals surface area contributed by atoms with Gasteiger partial charge in [-0.15, -0.1) is 0 Å². The summed E-state index contributed by atoms with van der Waals surface area (Å²) in [6.07, 6.45) is 7.56. The van der Waals surface area contributed by atoms with Crippen molar-refractivity contribution in [3.63, 3.8) is 0 Å². The average molecular weight is 837 g/mol. The molecule has 18 bridgehead atoms. The van der Waals surface area contributed by atoms with Gasteiger partial charge in [0.1, 0.15) is 34.5 Å². The van der Waals surface area contributed by atoms with Crippen LogP contribution in [-0.4, -0.2) is 19.4 Å². The first kappa shape index (κ1) is 39.1. The number of hydrogen-bond donors (Lipinski definition) is 0. The lowest BCUT2D eigenvalue weighted by Gasteiger charge is -2.20. The van der Waals surface area contributed by atoms with Crippen LogP contribution in [0.2, 0.25) is 0 Å². The fourth-order valence-corrected chi connectivity index (χ4v) is 12.4. The normalized spacial score (nSPS) is 19.8. The quantitative estimate of drug-likeness (QED) is 0.143. The minimum absolute atomic E-state index is 0.204. The van der Waals surface area contributed by atoms with E-state index in [0.717, 1.165) is 101 Å². The van der Waals surface area contributed by atoms with Gasteiger partial charge in [-0.05, 0) is 143 Å². The Labute approximate surface area is 362 Å². The summed E-state index contributed by atoms with van der Waals surface area (Å²) < 4.78 is 40.7. The molecule has 22 aliphatic rings. The van der Waals surface area contributed by atoms with Crippen LogP contribution in [0.15, 0.2) is 176 Å². The van der Waals surface area contributed by atoms with E-state index in [1.54, 1.807) is 0 Å². The minimum Gasteiger partial charge on any atom is -0.616 e. The summed E-state index contributed by atoms with van der Waals surface area (Å²) in [6, 6.07) is 56.0. The maximum absolute atomic E-state index is 13.6. The monoisotopic (exact) mass is 836 g/mol. The summed E-state index contributed by atoms with van der Waals surface area (Å²) in [5.41, 5.74) is 18.5. The van der Waals surface area contributed by atoms with E-state index in [1.807, 2.05) is 0 Å². The van der Waals surface area contributed by atoms with E-state index in [1.165, 1.54) is 0 Å². The molecule has 3 unspecified atom stereocenters. The highest BCUT2D eigenvalue weighted by molar-refractivity contribution is 7.90. The second-order valence-corrected chi connectivity index (χ2v) is 20.7. The fourth-order valence-electron chi connectivity index (χ4n) is 8.55. The van der Waals surface area contributed by atoms with Gasteiger partial charge in [-0.25, -0.2) is 0 Å². The highest BCUT2D eigenvalue weighted by atomic mass is 32.2. The Hall–Kier alpha value is -5.05. The van der Waals surface area contributed by atoms with Gasteiger partial charge in [0.15, 0.2) is 0 Å². The molecule has 1 aliphatic carbocycles. The molecule has 0 N–H and O–H groups in total. The van der Waals surface area contributed by atoms with E-state index in [4.69, 9.17) is 0 Å². The lowest BCUT2D eigenvalue weighted by atomic mass is 9.89. The van der Waals surface area contributed by atoms with Crippen LogP contribution in [-0.2, 0) is 62.3 Å². The van der Waals surface area contributed by atoms with Crippen LogP contribution < -0.4 is 0 Å². The van der Waals surface area contributed by atoms with Crippen LogP contribution in [0, 0.1) is 5.92 Å². The molecule has 4 atom stereocenters. The van der Waals surface area contributed by atoms with Crippen LogP contribution >= 0.6 is 0 Å². The molecule has 60 heavy (non-hydrogen) atoms. The highest BCUT2D eigenvalue weighted by Gasteiger charge is 2.20. The van der Waals surface area contributed by atoms with E-state index in [2.05, 4.69) is 176 Å². The molecule has 0 amide bonds. The molecule has 0 saturated heterocycles. The lowest BCUT2D eigenvalue weighted by molar-refractivity contribution is 0.581. The predicted molar refractivity (Wildman–Crippen MR) is 253 cm³/mol. The van der Waals surface area contributed by atoms with Gasteiger partial charge in [-0.2, -0.15) is 0 Å². The summed E-state index contributed by atoms with van der Waals surface area (Å²) in [4.78, 5) is 0. The Balaban J connectivity index is 1.11. The summed E-state index contributed by atoms with van der Waals surface area (Å²) in [5.74, 6) is 3.27. The summed E-state index contributed by atoms with van der Waals surface area (Å²) >= 11 is -3.17. The molecule has 296 valence electrons. The molecule has 7 aromatic carbocycles. The molecule has 0 fully saturated rings. The molecule has 0 spiro atoms. The van der Waals surface area contributed by atoms with Crippen molar-refractivity contribution in [3.05, 3.63) is 209 Å². The molecule has 0 saturated carbocycles. The predicted octanol–water partition coefficient (Wildman–Crippen LogP) is 12.5. The fraction of sp³-hybridized carbons (Fsp3) is 0.148. The van der Waals surface area contributed by atoms with Gasteiger partial charge in [-0.1, -0.05) is 140 Å². The maximum Gasteiger partial charge on any atom is 0.131 e. The second-order valence-electron chi connectivity index (χ2n) is 16.3. The Morgan fingerprint density at radius 3 is 0.900 bits per heavy atom. The molecule has 0 radical (unpaired) electrons. The van der Waals surface area contributed by atoms with Crippen molar-refractivity contribution in [1.82, 2.24) is 0 Å². The van der Waals surface area contributed by atoms with Gasteiger partial charge in [0.25, 0.3) is 0 Å². The SMILES string of the molecule is [O-][S+]1Cc2ccc(cc2)-c2cc3cc(c2)-c2ccc(cc2)C[S+]([O-])Cc2ccc(cc2)-c2cc(cc(c2)-c2ccc(cc2)C[S+]([O-])C[C@@H]2C=CC3=CC2)-c2ccc(cc2)C1. The first-order valence-electron chi connectivity index (χ1n) is 20.5. The van der Waals surface area contributed by atoms with E-state index in [-0.39, 0.29) is 5.92 Å². The van der Waals surface area contributed by atoms with Crippen LogP contribution in [0.25, 0.3) is 61.2 Å². The largest absolute Gasteiger partial charge is 0.616 e. The highest BCUT2D eigenvalue weighted by Crippen LogP contribution is 2.37. The Kier molecular flexibility index (Phi) is 11.2. The first-order valence-corrected chi connectivity index (χ1v) is 25.0. The van der Waals surface area contributed by atoms with Crippen molar-refractivity contribution in [2.75, 3.05) is 5.75 Å². The third-order valence-electron chi connectivity index (χ3n) is 11.9. The average Bonchev–Trinajstić information content (AvgIpc) is 3.27. The van der Waals surface area contributed by atoms with Gasteiger partial charge in [0.05, 0.1) is 0 Å². The maximum atomic E-state index is 13.6. The topological polar surface area (TPSA) is 69.2 Å². The number of allylic oxidation sites excluding steroid dienone is 4. The number of benzene rings is 7. The van der Waals surface area contributed by atoms with Crippen LogP contribution in [0.3, 0.4) is 0 Å². The van der Waals surface area contributed by atoms with Crippen molar-refractivity contribution >= 4 is 39.1 Å². The van der Waals surface area contributed by atoms with Crippen molar-refractivity contribution in [3.8, 4) is 55.6 Å². The number of rotatable bonds is 0. The summed E-state index contributed by atoms with van der Waals surface area (Å²) in [5, 5.41) is 0. The number of hydrogen-bond acceptors (Lipinski definition) is 3. The second kappa shape index (κ2) is 17.1. The van der Waals surface area contributed by atoms with Crippen molar-refractivity contribution in [1.29, 1.82) is 0 Å². The Morgan fingerprint density at radius 1 is 0.333 bits per heavy atom. The third-order valence-corrected chi connectivity index (χ3v) is 15.9. The molecule has 7 aromatic rings. The van der Waals surface area contributed by atoms with Crippen molar-refractivity contribution in [2.45, 2.75) is 35.2 Å². The van der Waals surface area contributed by atoms with Crippen molar-refractivity contribution < 1.29 is 13.7 Å². The van der Waals surface area contributed by atoms with Gasteiger partial charge >= 0.3 is 0 Å². The Bertz CT molecular complexity index is 2570. The first-order chi connectivity index (χ1) is 29.3. The molecule has 29 rings (SSSR count). The molecule has 21 aliphatic heterocycles. The van der Waals surface area contributed by atoms with Crippen LogP contribution in [0.4, 0.5) is 0 Å². The lowest BCUT2D eigenvalue weighted by Crippen LogP contribution is -2.17. The molecular weight excluding hydrogens is 793 g/mol. The molecule has 21 heterocycles. The zero-order valence-electron chi connectivity index (χ0n) is 33.2. The standard InChI is InChI=1S/C54H44O3S3/c55-58-31-37-1-13-43(14-2-37)49-25-50-27-51(26-49)45-19-7-40(8-20-45)34-60(57)36-42-11-23-48(24-12-42)54-29-52(46-15-3-38(32-58)4-16-46)28-53(30-54)47-21-9-41(10-22-47)35-59(56)33-39-5-17-44(50)18-6-39/h1-11,13-30,42H,12,31-36H2/t42-,58?,59?,60?/m1/s1. The van der Waals surface area contributed by atoms with E-state index in [9.17, 15) is 13.7 Å². The third kappa shape index (κ3) is 8.87. The van der Waals surface area contributed by atoms with E-state index >= 15 is 0 Å². The molecule has 6 heteroatoms. The molecular formula is C54H44O3S3. The zero-order chi connectivity index (χ0) is 40.6. The van der Waals surface area contributed by atoms with Gasteiger partial charge in [-0.3, -0.25) is 0 Å². The smallest absolute Gasteiger partial charge is 0.131 e.